The monoisotopic (exact) mass is 345 g/mol. The van der Waals surface area contributed by atoms with Gasteiger partial charge in [0.25, 0.3) is 0 Å². The van der Waals surface area contributed by atoms with Gasteiger partial charge in [-0.15, -0.1) is 0 Å². The number of pyridine rings is 1. The summed E-state index contributed by atoms with van der Waals surface area (Å²) in [5.74, 6) is -2.93. The van der Waals surface area contributed by atoms with E-state index in [1.807, 2.05) is 30.3 Å². The van der Waals surface area contributed by atoms with Crippen LogP contribution in [0.15, 0.2) is 48.5 Å². The molecule has 126 valence electrons. The molecule has 0 N–H and O–H groups in total. The van der Waals surface area contributed by atoms with Crippen LogP contribution in [-0.4, -0.2) is 17.9 Å². The highest BCUT2D eigenvalue weighted by atomic mass is 19.1. The van der Waals surface area contributed by atoms with Gasteiger partial charge in [0.05, 0.1) is 30.5 Å². The van der Waals surface area contributed by atoms with Crippen molar-refractivity contribution < 1.29 is 13.9 Å². The second-order valence-electron chi connectivity index (χ2n) is 5.45. The Morgan fingerprint density at radius 2 is 1.85 bits per heavy atom. The molecule has 26 heavy (non-hydrogen) atoms. The third-order valence-corrected chi connectivity index (χ3v) is 3.96. The second kappa shape index (κ2) is 7.00. The summed E-state index contributed by atoms with van der Waals surface area (Å²) in [5, 5.41) is 18.2. The lowest BCUT2D eigenvalue weighted by atomic mass is 9.97. The highest BCUT2D eigenvalue weighted by Gasteiger charge is 2.25. The first-order valence-electron chi connectivity index (χ1n) is 7.66. The van der Waals surface area contributed by atoms with Crippen LogP contribution in [0, 0.1) is 34.4 Å². The Hall–Kier alpha value is -3.77. The van der Waals surface area contributed by atoms with Gasteiger partial charge in [0.1, 0.15) is 11.3 Å². The van der Waals surface area contributed by atoms with E-state index in [9.17, 15) is 4.79 Å². The number of ether oxygens (including phenoxy) is 1. The number of benzene rings is 2. The molecular weight excluding hydrogens is 333 g/mol. The normalized spacial score (nSPS) is 10.3. The van der Waals surface area contributed by atoms with Crippen LogP contribution in [-0.2, 0) is 0 Å². The Labute approximate surface area is 148 Å². The van der Waals surface area contributed by atoms with Gasteiger partial charge in [-0.1, -0.05) is 30.3 Å². The Morgan fingerprint density at radius 3 is 2.46 bits per heavy atom. The fourth-order valence-electron chi connectivity index (χ4n) is 2.64. The molecule has 3 rings (SSSR count). The molecule has 0 aliphatic carbocycles. The molecule has 0 saturated carbocycles. The van der Waals surface area contributed by atoms with Gasteiger partial charge in [-0.05, 0) is 12.1 Å². The predicted molar refractivity (Wildman–Crippen MR) is 92.7 cm³/mol. The molecule has 0 radical (unpaired) electrons. The summed E-state index contributed by atoms with van der Waals surface area (Å²) in [4.78, 5) is 16.6. The summed E-state index contributed by atoms with van der Waals surface area (Å²) in [7, 11) is 1.46. The minimum absolute atomic E-state index is 0.0521. The molecule has 3 aromatic rings. The highest BCUT2D eigenvalue weighted by molar-refractivity contribution is 6.04. The van der Waals surface area contributed by atoms with E-state index in [4.69, 9.17) is 15.3 Å². The van der Waals surface area contributed by atoms with Crippen LogP contribution < -0.4 is 4.74 Å². The molecule has 0 unspecified atom stereocenters. The number of hydrogen-bond donors (Lipinski definition) is 0. The number of carbonyl (C=O) groups is 1. The van der Waals surface area contributed by atoms with E-state index in [1.54, 1.807) is 18.2 Å². The Morgan fingerprint density at radius 1 is 1.15 bits per heavy atom. The van der Waals surface area contributed by atoms with E-state index in [1.165, 1.54) is 19.2 Å². The minimum atomic E-state index is -1.57. The molecule has 0 saturated heterocycles. The maximum absolute atomic E-state index is 15.0. The molecule has 0 aliphatic heterocycles. The Bertz CT molecular complexity index is 1070. The number of carbonyl (C=O) groups excluding carboxylic acids is 1. The zero-order valence-corrected chi connectivity index (χ0v) is 13.7. The molecule has 1 heterocycles. The third-order valence-electron chi connectivity index (χ3n) is 3.96. The second-order valence-corrected chi connectivity index (χ2v) is 5.45. The maximum atomic E-state index is 15.0. The molecule has 1 aromatic heterocycles. The topological polar surface area (TPSA) is 86.8 Å². The van der Waals surface area contributed by atoms with Crippen molar-refractivity contribution in [2.45, 2.75) is 0 Å². The summed E-state index contributed by atoms with van der Waals surface area (Å²) >= 11 is 0. The lowest BCUT2D eigenvalue weighted by molar-refractivity contribution is 0.0967. The number of nitriles is 2. The van der Waals surface area contributed by atoms with Crippen LogP contribution in [0.2, 0.25) is 0 Å². The zero-order chi connectivity index (χ0) is 18.7. The first-order chi connectivity index (χ1) is 12.6. The van der Waals surface area contributed by atoms with Crippen molar-refractivity contribution in [2.75, 3.05) is 7.11 Å². The van der Waals surface area contributed by atoms with E-state index in [0.717, 1.165) is 5.56 Å². The largest absolute Gasteiger partial charge is 0.496 e. The average molecular weight is 345 g/mol. The van der Waals surface area contributed by atoms with Crippen molar-refractivity contribution in [1.82, 2.24) is 4.98 Å². The van der Waals surface area contributed by atoms with E-state index in [2.05, 4.69) is 4.98 Å². The van der Waals surface area contributed by atoms with Gasteiger partial charge in [0.15, 0.2) is 17.5 Å². The molecule has 0 spiro atoms. The molecule has 5 nitrogen and oxygen atoms in total. The lowest BCUT2D eigenvalue weighted by Crippen LogP contribution is -2.13. The lowest BCUT2D eigenvalue weighted by Gasteiger charge is -2.11. The number of nitrogens with zero attached hydrogens (tertiary/aromatic N) is 3. The van der Waals surface area contributed by atoms with Crippen molar-refractivity contribution in [3.05, 3.63) is 59.9 Å². The molecule has 0 fully saturated rings. The van der Waals surface area contributed by atoms with Crippen LogP contribution in [0.3, 0.4) is 0 Å². The number of fused-ring (bicyclic) bond motifs is 1. The van der Waals surface area contributed by atoms with Gasteiger partial charge in [0, 0.05) is 17.0 Å². The van der Waals surface area contributed by atoms with Crippen LogP contribution in [0.4, 0.5) is 4.39 Å². The van der Waals surface area contributed by atoms with Gasteiger partial charge in [-0.25, -0.2) is 9.37 Å². The average Bonchev–Trinajstić information content (AvgIpc) is 2.69. The number of methoxy groups -OCH3 is 1. The van der Waals surface area contributed by atoms with Gasteiger partial charge < -0.3 is 4.74 Å². The molecule has 0 bridgehead atoms. The van der Waals surface area contributed by atoms with Gasteiger partial charge in [0.2, 0.25) is 0 Å². The smallest absolute Gasteiger partial charge is 0.197 e. The van der Waals surface area contributed by atoms with E-state index >= 15 is 4.39 Å². The molecule has 6 heteroatoms. The summed E-state index contributed by atoms with van der Waals surface area (Å²) in [6, 6.07) is 16.7. The fourth-order valence-corrected chi connectivity index (χ4v) is 2.64. The third kappa shape index (κ3) is 2.85. The zero-order valence-electron chi connectivity index (χ0n) is 13.7. The first kappa shape index (κ1) is 17.1. The number of hydrogen-bond acceptors (Lipinski definition) is 5. The quantitative estimate of drug-likeness (QED) is 0.669. The van der Waals surface area contributed by atoms with Crippen molar-refractivity contribution in [3.63, 3.8) is 0 Å². The van der Waals surface area contributed by atoms with Gasteiger partial charge in [-0.3, -0.25) is 4.79 Å². The van der Waals surface area contributed by atoms with Crippen LogP contribution in [0.1, 0.15) is 10.4 Å². The summed E-state index contributed by atoms with van der Waals surface area (Å²) in [6.07, 6.45) is 0. The number of aromatic nitrogens is 1. The van der Waals surface area contributed by atoms with E-state index < -0.39 is 17.5 Å². The molecular formula is C20H12FN3O2. The summed E-state index contributed by atoms with van der Waals surface area (Å²) in [6.45, 7) is 0. The van der Waals surface area contributed by atoms with E-state index in [-0.39, 0.29) is 11.1 Å². The van der Waals surface area contributed by atoms with Crippen molar-refractivity contribution >= 4 is 16.7 Å². The SMILES string of the molecule is COc1cc(-c2ccccc2)nc2c(F)c(C(=O)C(C#N)C#N)ccc12. The molecule has 0 aliphatic rings. The molecule has 2 aromatic carbocycles. The van der Waals surface area contributed by atoms with Crippen molar-refractivity contribution in [2.24, 2.45) is 5.92 Å². The van der Waals surface area contributed by atoms with E-state index in [0.29, 0.717) is 16.8 Å². The summed E-state index contributed by atoms with van der Waals surface area (Å²) < 4.78 is 20.3. The predicted octanol–water partition coefficient (Wildman–Crippen LogP) is 3.90. The van der Waals surface area contributed by atoms with Gasteiger partial charge >= 0.3 is 0 Å². The van der Waals surface area contributed by atoms with Crippen molar-refractivity contribution in [3.8, 4) is 29.1 Å². The summed E-state index contributed by atoms with van der Waals surface area (Å²) in [5.41, 5.74) is 0.848. The number of ketones is 1. The Kier molecular flexibility index (Phi) is 4.59. The number of rotatable bonds is 4. The molecule has 0 atom stereocenters. The standard InChI is InChI=1S/C20H12FN3O2/c1-26-17-9-16(12-5-3-2-4-6-12)24-19-14(17)7-8-15(18(19)21)20(25)13(10-22)11-23/h2-9,13H,1H3. The molecule has 0 amide bonds. The van der Waals surface area contributed by atoms with Crippen LogP contribution >= 0.6 is 0 Å². The highest BCUT2D eigenvalue weighted by Crippen LogP contribution is 2.32. The van der Waals surface area contributed by atoms with Crippen LogP contribution in [0.5, 0.6) is 5.75 Å². The number of Topliss-reactive ketones (excluding diaryl/α,β-unsaturated/α-hetero) is 1. The number of halogens is 1. The van der Waals surface area contributed by atoms with Crippen molar-refractivity contribution in [1.29, 1.82) is 10.5 Å². The Balaban J connectivity index is 2.26. The minimum Gasteiger partial charge on any atom is -0.496 e. The van der Waals surface area contributed by atoms with Gasteiger partial charge in [-0.2, -0.15) is 10.5 Å². The fraction of sp³-hybridized carbons (Fsp3) is 0.100. The van der Waals surface area contributed by atoms with Crippen LogP contribution in [0.25, 0.3) is 22.2 Å². The first-order valence-corrected chi connectivity index (χ1v) is 7.66. The maximum Gasteiger partial charge on any atom is 0.197 e.